The van der Waals surface area contributed by atoms with Gasteiger partial charge in [-0.05, 0) is 44.6 Å². The zero-order valence-corrected chi connectivity index (χ0v) is 9.00. The number of fused-ring (bicyclic) bond motifs is 2. The van der Waals surface area contributed by atoms with Crippen LogP contribution >= 0.6 is 0 Å². The van der Waals surface area contributed by atoms with E-state index in [2.05, 4.69) is 34.5 Å². The summed E-state index contributed by atoms with van der Waals surface area (Å²) < 4.78 is 7.41. The van der Waals surface area contributed by atoms with Gasteiger partial charge in [0.05, 0.1) is 0 Å². The van der Waals surface area contributed by atoms with Crippen LogP contribution in [0.3, 0.4) is 0 Å². The summed E-state index contributed by atoms with van der Waals surface area (Å²) in [5.74, 6) is 0. The fourth-order valence-electron chi connectivity index (χ4n) is 2.89. The number of hydrogen-bond donors (Lipinski definition) is 1. The first kappa shape index (κ1) is 8.17. The maximum Gasteiger partial charge on any atom is 0.0394 e. The van der Waals surface area contributed by atoms with Crippen LogP contribution in [0.15, 0.2) is 24.3 Å². The van der Waals surface area contributed by atoms with Gasteiger partial charge >= 0.3 is 0 Å². The largest absolute Gasteiger partial charge is 0.384 e. The highest BCUT2D eigenvalue weighted by Gasteiger charge is 2.40. The molecule has 1 fully saturated rings. The van der Waals surface area contributed by atoms with Gasteiger partial charge in [-0.3, -0.25) is 0 Å². The predicted molar refractivity (Wildman–Crippen MR) is 63.3 cm³/mol. The number of rotatable bonds is 0. The monoisotopic (exact) mass is 204 g/mol. The molecule has 2 heterocycles. The maximum absolute atomic E-state index is 7.41. The van der Waals surface area contributed by atoms with E-state index in [0.29, 0.717) is 12.4 Å². The molecule has 2 aliphatic heterocycles. The summed E-state index contributed by atoms with van der Waals surface area (Å²) in [5.41, 5.74) is 3.17. The summed E-state index contributed by atoms with van der Waals surface area (Å²) in [5, 5.41) is 3.53. The molecule has 0 saturated carbocycles. The van der Waals surface area contributed by atoms with Crippen LogP contribution in [0.25, 0.3) is 0 Å². The molecule has 0 aliphatic carbocycles. The normalized spacial score (nSPS) is 24.7. The average molecular weight is 204 g/mol. The first-order valence-electron chi connectivity index (χ1n) is 6.40. The Bertz CT molecular complexity index is 383. The van der Waals surface area contributed by atoms with Gasteiger partial charge in [-0.1, -0.05) is 18.2 Å². The van der Waals surface area contributed by atoms with Crippen molar-refractivity contribution in [2.45, 2.75) is 18.3 Å². The quantitative estimate of drug-likeness (QED) is 0.696. The molecule has 0 radical (unpaired) electrons. The van der Waals surface area contributed by atoms with Crippen molar-refractivity contribution in [3.63, 3.8) is 0 Å². The van der Waals surface area contributed by atoms with E-state index in [9.17, 15) is 0 Å². The molecule has 0 atom stereocenters. The van der Waals surface area contributed by atoms with Crippen LogP contribution in [0, 0.1) is 0 Å². The minimum absolute atomic E-state index is 0.349. The lowest BCUT2D eigenvalue weighted by atomic mass is 9.74. The van der Waals surface area contributed by atoms with Crippen molar-refractivity contribution in [2.24, 2.45) is 0 Å². The Balaban J connectivity index is 1.87. The minimum atomic E-state index is 0.349. The zero-order valence-electron chi connectivity index (χ0n) is 10.00. The van der Waals surface area contributed by atoms with Crippen LogP contribution in [0.5, 0.6) is 0 Å². The Kier molecular flexibility index (Phi) is 1.76. The number of nitrogens with one attached hydrogen (secondary N) is 1. The van der Waals surface area contributed by atoms with Crippen molar-refractivity contribution in [2.75, 3.05) is 32.0 Å². The first-order chi connectivity index (χ1) is 7.84. The fourth-order valence-corrected chi connectivity index (χ4v) is 2.89. The van der Waals surface area contributed by atoms with Crippen molar-refractivity contribution < 1.29 is 1.37 Å². The second-order valence-electron chi connectivity index (χ2n) is 4.80. The molecule has 2 nitrogen and oxygen atoms in total. The van der Waals surface area contributed by atoms with E-state index < -0.39 is 0 Å². The van der Waals surface area contributed by atoms with Gasteiger partial charge < -0.3 is 10.2 Å². The molecule has 2 heteroatoms. The second kappa shape index (κ2) is 3.24. The van der Waals surface area contributed by atoms with E-state index in [1.165, 1.54) is 24.1 Å². The van der Waals surface area contributed by atoms with E-state index in [-0.39, 0.29) is 0 Å². The van der Waals surface area contributed by atoms with Gasteiger partial charge in [0.15, 0.2) is 0 Å². The fraction of sp³-hybridized carbons (Fsp3) is 0.538. The summed E-state index contributed by atoms with van der Waals surface area (Å²) in [6, 6.07) is 8.70. The minimum Gasteiger partial charge on any atom is -0.384 e. The number of nitrogens with zero attached hydrogens (tertiary/aromatic N) is 1. The SMILES string of the molecule is [3H]CN1CCC2(CC1)CNc1ccccc12. The number of piperidine rings is 1. The molecule has 0 aromatic heterocycles. The van der Waals surface area contributed by atoms with E-state index in [1.807, 2.05) is 0 Å². The standard InChI is InChI=1S/C13H18N2/c1-15-8-6-13(7-9-15)10-14-12-5-3-2-4-11(12)13/h2-5,14H,6-10H2,1H3/i1T. The van der Waals surface area contributed by atoms with Gasteiger partial charge in [-0.15, -0.1) is 0 Å². The van der Waals surface area contributed by atoms with Crippen LogP contribution < -0.4 is 5.32 Å². The third kappa shape index (κ3) is 1.36. The Morgan fingerprint density at radius 3 is 2.93 bits per heavy atom. The lowest BCUT2D eigenvalue weighted by Gasteiger charge is -2.37. The van der Waals surface area contributed by atoms with Gasteiger partial charge in [0.1, 0.15) is 0 Å². The predicted octanol–water partition coefficient (Wildman–Crippen LogP) is 2.08. The Morgan fingerprint density at radius 2 is 2.13 bits per heavy atom. The molecule has 15 heavy (non-hydrogen) atoms. The summed E-state index contributed by atoms with van der Waals surface area (Å²) in [7, 11) is 0.450. The van der Waals surface area contributed by atoms with E-state index >= 15 is 0 Å². The molecule has 1 aromatic rings. The highest BCUT2D eigenvalue weighted by molar-refractivity contribution is 5.60. The number of benzene rings is 1. The van der Waals surface area contributed by atoms with E-state index in [4.69, 9.17) is 1.37 Å². The highest BCUT2D eigenvalue weighted by atomic mass is 15.1. The molecule has 1 aromatic carbocycles. The molecule has 1 saturated heterocycles. The van der Waals surface area contributed by atoms with Crippen molar-refractivity contribution >= 4 is 5.69 Å². The van der Waals surface area contributed by atoms with Gasteiger partial charge in [-0.2, -0.15) is 0 Å². The molecule has 80 valence electrons. The van der Waals surface area contributed by atoms with Crippen LogP contribution in [0.1, 0.15) is 19.8 Å². The number of hydrogen-bond acceptors (Lipinski definition) is 2. The van der Waals surface area contributed by atoms with Crippen LogP contribution in [-0.4, -0.2) is 31.6 Å². The third-order valence-electron chi connectivity index (χ3n) is 3.93. The lowest BCUT2D eigenvalue weighted by Crippen LogP contribution is -2.42. The van der Waals surface area contributed by atoms with Crippen LogP contribution in [0.2, 0.25) is 0 Å². The average Bonchev–Trinajstić information content (AvgIpc) is 2.71. The molecule has 0 amide bonds. The Hall–Kier alpha value is -1.02. The second-order valence-corrected chi connectivity index (χ2v) is 4.80. The molecular weight excluding hydrogens is 184 g/mol. The summed E-state index contributed by atoms with van der Waals surface area (Å²) in [6.45, 7) is 3.22. The van der Waals surface area contributed by atoms with Crippen molar-refractivity contribution in [3.05, 3.63) is 29.8 Å². The van der Waals surface area contributed by atoms with Crippen LogP contribution in [0.4, 0.5) is 5.69 Å². The molecule has 3 rings (SSSR count). The smallest absolute Gasteiger partial charge is 0.0394 e. The van der Waals surface area contributed by atoms with Crippen LogP contribution in [-0.2, 0) is 5.41 Å². The van der Waals surface area contributed by atoms with E-state index in [1.54, 1.807) is 0 Å². The van der Waals surface area contributed by atoms with Gasteiger partial charge in [0.25, 0.3) is 0 Å². The lowest BCUT2D eigenvalue weighted by molar-refractivity contribution is 0.200. The molecule has 2 aliphatic rings. The molecule has 1 spiro atoms. The van der Waals surface area contributed by atoms with Gasteiger partial charge in [0, 0.05) is 19.0 Å². The Labute approximate surface area is 92.7 Å². The number of para-hydroxylation sites is 1. The van der Waals surface area contributed by atoms with Gasteiger partial charge in [-0.25, -0.2) is 0 Å². The molecular formula is C13H18N2. The summed E-state index contributed by atoms with van der Waals surface area (Å²) in [6.07, 6.45) is 2.38. The topological polar surface area (TPSA) is 15.3 Å². The number of anilines is 1. The van der Waals surface area contributed by atoms with Crippen molar-refractivity contribution in [1.29, 1.82) is 0 Å². The Morgan fingerprint density at radius 1 is 1.33 bits per heavy atom. The first-order valence-corrected chi connectivity index (χ1v) is 5.69. The molecule has 1 N–H and O–H groups in total. The summed E-state index contributed by atoms with van der Waals surface area (Å²) >= 11 is 0. The zero-order chi connectivity index (χ0) is 11.0. The van der Waals surface area contributed by atoms with Crippen molar-refractivity contribution in [3.8, 4) is 0 Å². The van der Waals surface area contributed by atoms with Gasteiger partial charge in [0.2, 0.25) is 0 Å². The number of likely N-dealkylation sites (tertiary alicyclic amines) is 1. The highest BCUT2D eigenvalue weighted by Crippen LogP contribution is 2.43. The third-order valence-corrected chi connectivity index (χ3v) is 3.93. The molecule has 0 bridgehead atoms. The van der Waals surface area contributed by atoms with Crippen molar-refractivity contribution in [1.82, 2.24) is 4.90 Å². The molecule has 0 unspecified atom stereocenters. The van der Waals surface area contributed by atoms with E-state index in [0.717, 1.165) is 19.6 Å². The summed E-state index contributed by atoms with van der Waals surface area (Å²) in [4.78, 5) is 2.23. The maximum atomic E-state index is 7.41.